The fourth-order valence-corrected chi connectivity index (χ4v) is 1.47. The minimum atomic E-state index is -1.33. The molecule has 0 aromatic heterocycles. The molecular formula is C15H15NO3. The van der Waals surface area contributed by atoms with Crippen molar-refractivity contribution >= 4 is 17.8 Å². The number of allylic oxidation sites excluding steroid dienone is 1. The van der Waals surface area contributed by atoms with Crippen molar-refractivity contribution in [2.24, 2.45) is 5.92 Å². The highest BCUT2D eigenvalue weighted by molar-refractivity contribution is 6.02. The molecule has 0 amide bonds. The molecule has 1 atom stereocenters. The molecule has 0 heterocycles. The van der Waals surface area contributed by atoms with Gasteiger partial charge in [-0.3, -0.25) is 9.59 Å². The second kappa shape index (κ2) is 7.83. The third kappa shape index (κ3) is 4.76. The second-order valence-electron chi connectivity index (χ2n) is 3.80. The van der Waals surface area contributed by atoms with Crippen molar-refractivity contribution in [1.82, 2.24) is 0 Å². The maximum absolute atomic E-state index is 11.7. The number of nitriles is 1. The van der Waals surface area contributed by atoms with Crippen molar-refractivity contribution in [3.8, 4) is 6.07 Å². The lowest BCUT2D eigenvalue weighted by Crippen LogP contribution is -2.24. The molecule has 4 heteroatoms. The Balaban J connectivity index is 2.57. The Labute approximate surface area is 112 Å². The molecule has 0 saturated heterocycles. The molecule has 0 fully saturated rings. The number of carbonyl (C=O) groups is 2. The first kappa shape index (κ1) is 14.7. The zero-order valence-corrected chi connectivity index (χ0v) is 10.7. The molecule has 0 radical (unpaired) electrons. The molecular weight excluding hydrogens is 242 g/mol. The fraction of sp³-hybridized carbons (Fsp3) is 0.267. The summed E-state index contributed by atoms with van der Waals surface area (Å²) < 4.78 is 4.67. The minimum Gasteiger partial charge on any atom is -0.465 e. The van der Waals surface area contributed by atoms with E-state index in [1.54, 1.807) is 25.1 Å². The Kier molecular flexibility index (Phi) is 6.04. The maximum Gasteiger partial charge on any atom is 0.331 e. The number of carbonyl (C=O) groups excluding carboxylic acids is 2. The first-order valence-corrected chi connectivity index (χ1v) is 5.99. The molecule has 1 unspecified atom stereocenters. The van der Waals surface area contributed by atoms with Crippen LogP contribution in [0.25, 0.3) is 6.08 Å². The van der Waals surface area contributed by atoms with Crippen LogP contribution in [0.4, 0.5) is 0 Å². The normalized spacial score (nSPS) is 11.8. The van der Waals surface area contributed by atoms with Crippen LogP contribution in [0.1, 0.15) is 18.9 Å². The number of nitrogens with zero attached hydrogens (tertiary/aromatic N) is 1. The number of rotatable bonds is 6. The summed E-state index contributed by atoms with van der Waals surface area (Å²) in [6.07, 6.45) is 3.45. The van der Waals surface area contributed by atoms with Crippen LogP contribution in [0.15, 0.2) is 36.4 Å². The van der Waals surface area contributed by atoms with Gasteiger partial charge in [0.25, 0.3) is 0 Å². The van der Waals surface area contributed by atoms with Gasteiger partial charge in [-0.25, -0.2) is 0 Å². The molecule has 1 aromatic rings. The van der Waals surface area contributed by atoms with Gasteiger partial charge in [-0.05, 0) is 12.5 Å². The van der Waals surface area contributed by atoms with Gasteiger partial charge in [-0.1, -0.05) is 42.5 Å². The number of ether oxygens (including phenoxy) is 1. The molecule has 1 rings (SSSR count). The van der Waals surface area contributed by atoms with Gasteiger partial charge in [-0.2, -0.15) is 5.26 Å². The Morgan fingerprint density at radius 2 is 2.05 bits per heavy atom. The van der Waals surface area contributed by atoms with Crippen LogP contribution in [0, 0.1) is 17.2 Å². The summed E-state index contributed by atoms with van der Waals surface area (Å²) in [5.41, 5.74) is 0.958. The van der Waals surface area contributed by atoms with Crippen LogP contribution in [-0.4, -0.2) is 18.4 Å². The van der Waals surface area contributed by atoms with E-state index in [1.165, 1.54) is 0 Å². The third-order valence-corrected chi connectivity index (χ3v) is 2.40. The SMILES string of the molecule is CCOC(=O)C(C#N)C(=O)CC=Cc1ccccc1. The molecule has 19 heavy (non-hydrogen) atoms. The zero-order valence-electron chi connectivity index (χ0n) is 10.7. The molecule has 0 aliphatic heterocycles. The van der Waals surface area contributed by atoms with Crippen molar-refractivity contribution in [3.05, 3.63) is 42.0 Å². The van der Waals surface area contributed by atoms with Gasteiger partial charge in [0.05, 0.1) is 12.7 Å². The Morgan fingerprint density at radius 1 is 1.37 bits per heavy atom. The fourth-order valence-electron chi connectivity index (χ4n) is 1.47. The van der Waals surface area contributed by atoms with Gasteiger partial charge in [0.15, 0.2) is 5.78 Å². The summed E-state index contributed by atoms with van der Waals surface area (Å²) in [6, 6.07) is 11.1. The molecule has 4 nitrogen and oxygen atoms in total. The van der Waals surface area contributed by atoms with Crippen molar-refractivity contribution in [2.45, 2.75) is 13.3 Å². The Morgan fingerprint density at radius 3 is 2.63 bits per heavy atom. The smallest absolute Gasteiger partial charge is 0.331 e. The van der Waals surface area contributed by atoms with Crippen molar-refractivity contribution in [3.63, 3.8) is 0 Å². The summed E-state index contributed by atoms with van der Waals surface area (Å²) >= 11 is 0. The number of benzene rings is 1. The largest absolute Gasteiger partial charge is 0.465 e. The molecule has 0 aliphatic carbocycles. The lowest BCUT2D eigenvalue weighted by Gasteiger charge is -2.05. The first-order chi connectivity index (χ1) is 9.19. The van der Waals surface area contributed by atoms with E-state index in [0.717, 1.165) is 5.56 Å². The van der Waals surface area contributed by atoms with Crippen LogP contribution >= 0.6 is 0 Å². The van der Waals surface area contributed by atoms with Gasteiger partial charge in [0.2, 0.25) is 5.92 Å². The van der Waals surface area contributed by atoms with Crippen LogP contribution in [0.2, 0.25) is 0 Å². The number of ketones is 1. The van der Waals surface area contributed by atoms with Crippen molar-refractivity contribution in [2.75, 3.05) is 6.61 Å². The average molecular weight is 257 g/mol. The highest BCUT2D eigenvalue weighted by Gasteiger charge is 2.26. The molecule has 1 aromatic carbocycles. The minimum absolute atomic E-state index is 0.0337. The third-order valence-electron chi connectivity index (χ3n) is 2.40. The summed E-state index contributed by atoms with van der Waals surface area (Å²) in [5.74, 6) is -2.56. The molecule has 0 bridgehead atoms. The Hall–Kier alpha value is -2.41. The molecule has 0 spiro atoms. The predicted molar refractivity (Wildman–Crippen MR) is 70.8 cm³/mol. The predicted octanol–water partition coefficient (Wildman–Crippen LogP) is 2.36. The highest BCUT2D eigenvalue weighted by Crippen LogP contribution is 2.07. The van der Waals surface area contributed by atoms with Gasteiger partial charge >= 0.3 is 5.97 Å². The number of hydrogen-bond donors (Lipinski definition) is 0. The molecule has 0 aliphatic rings. The lowest BCUT2D eigenvalue weighted by molar-refractivity contribution is -0.148. The van der Waals surface area contributed by atoms with E-state index in [9.17, 15) is 9.59 Å². The van der Waals surface area contributed by atoms with E-state index < -0.39 is 17.7 Å². The molecule has 98 valence electrons. The van der Waals surface area contributed by atoms with Gasteiger partial charge < -0.3 is 4.74 Å². The van der Waals surface area contributed by atoms with E-state index >= 15 is 0 Å². The van der Waals surface area contributed by atoms with Crippen molar-refractivity contribution < 1.29 is 14.3 Å². The topological polar surface area (TPSA) is 67.2 Å². The maximum atomic E-state index is 11.7. The van der Waals surface area contributed by atoms with Crippen LogP contribution in [-0.2, 0) is 14.3 Å². The summed E-state index contributed by atoms with van der Waals surface area (Å²) in [4.78, 5) is 23.1. The summed E-state index contributed by atoms with van der Waals surface area (Å²) in [5, 5.41) is 8.81. The monoisotopic (exact) mass is 257 g/mol. The first-order valence-electron chi connectivity index (χ1n) is 5.99. The van der Waals surface area contributed by atoms with Gasteiger partial charge in [-0.15, -0.1) is 0 Å². The van der Waals surface area contributed by atoms with E-state index in [-0.39, 0.29) is 13.0 Å². The average Bonchev–Trinajstić information content (AvgIpc) is 2.41. The standard InChI is InChI=1S/C15H15NO3/c1-2-19-15(18)13(11-16)14(17)10-6-9-12-7-4-3-5-8-12/h3-9,13H,2,10H2,1H3. The lowest BCUT2D eigenvalue weighted by atomic mass is 10.0. The molecule has 0 N–H and O–H groups in total. The molecule has 0 saturated carbocycles. The van der Waals surface area contributed by atoms with E-state index in [4.69, 9.17) is 5.26 Å². The number of Topliss-reactive ketones (excluding diaryl/α,β-unsaturated/α-hetero) is 1. The summed E-state index contributed by atoms with van der Waals surface area (Å²) in [6.45, 7) is 1.79. The van der Waals surface area contributed by atoms with Gasteiger partial charge in [0, 0.05) is 6.42 Å². The highest BCUT2D eigenvalue weighted by atomic mass is 16.5. The van der Waals surface area contributed by atoms with Crippen LogP contribution < -0.4 is 0 Å². The van der Waals surface area contributed by atoms with Gasteiger partial charge in [0.1, 0.15) is 0 Å². The van der Waals surface area contributed by atoms with E-state index in [1.807, 2.05) is 30.3 Å². The van der Waals surface area contributed by atoms with E-state index in [0.29, 0.717) is 0 Å². The number of hydrogen-bond acceptors (Lipinski definition) is 4. The quantitative estimate of drug-likeness (QED) is 0.579. The number of esters is 1. The summed E-state index contributed by atoms with van der Waals surface area (Å²) in [7, 11) is 0. The Bertz CT molecular complexity index is 500. The van der Waals surface area contributed by atoms with Crippen molar-refractivity contribution in [1.29, 1.82) is 5.26 Å². The zero-order chi connectivity index (χ0) is 14.1. The van der Waals surface area contributed by atoms with E-state index in [2.05, 4.69) is 4.74 Å². The van der Waals surface area contributed by atoms with Crippen LogP contribution in [0.3, 0.4) is 0 Å². The van der Waals surface area contributed by atoms with Crippen LogP contribution in [0.5, 0.6) is 0 Å². The second-order valence-corrected chi connectivity index (χ2v) is 3.80.